The van der Waals surface area contributed by atoms with Crippen LogP contribution in [-0.4, -0.2) is 35.1 Å². The first-order valence-electron chi connectivity index (χ1n) is 11.0. The van der Waals surface area contributed by atoms with Gasteiger partial charge in [-0.3, -0.25) is 0 Å². The Morgan fingerprint density at radius 3 is 1.45 bits per heavy atom. The van der Waals surface area contributed by atoms with E-state index in [4.69, 9.17) is 0 Å². The molecule has 18 heteroatoms. The van der Waals surface area contributed by atoms with E-state index in [1.165, 1.54) is 42.5 Å². The minimum Gasteiger partial charge on any atom is -0.745 e. The molecular weight excluding hydrogens is 636 g/mol. The number of rotatable bonds is 8. The smallest absolute Gasteiger partial charge is 0.745 e. The Labute approximate surface area is 339 Å². The maximum atomic E-state index is 12.0. The van der Waals surface area contributed by atoms with Crippen LogP contribution in [0.4, 0.5) is 22.7 Å². The number of aromatic hydroxyl groups is 2. The molecule has 0 saturated carbocycles. The van der Waals surface area contributed by atoms with Crippen molar-refractivity contribution < 1.29 is 161 Å². The molecule has 0 atom stereocenters. The molecule has 13 nitrogen and oxygen atoms in total. The molecule has 0 bridgehead atoms. The van der Waals surface area contributed by atoms with Crippen molar-refractivity contribution in [3.63, 3.8) is 0 Å². The standard InChI is InChI=1S/C26H17N4O9S.4Na/c31-22-9-6-16(11-20(22)25(33)34)28-27-15-3-1-14(2-4-15)19-8-5-18(13-24(19)40(37,38)39)30-29-17-7-10-23(32)21(12-17)26(35)36;;;;/h1,3-13,31-32H,(H,33,34)(H,35,36)(H,37,38,39);;;;/q-1;4*+1/p-3. The molecule has 0 unspecified atom stereocenters. The van der Waals surface area contributed by atoms with E-state index in [2.05, 4.69) is 26.5 Å². The van der Waals surface area contributed by atoms with Crippen LogP contribution in [0.3, 0.4) is 0 Å². The number of carboxylic acids is 2. The zero-order valence-electron chi connectivity index (χ0n) is 23.9. The summed E-state index contributed by atoms with van der Waals surface area (Å²) in [5.41, 5.74) is -0.374. The summed E-state index contributed by atoms with van der Waals surface area (Å²) in [7, 11) is -4.99. The van der Waals surface area contributed by atoms with Crippen molar-refractivity contribution in [3.05, 3.63) is 90.0 Å². The fourth-order valence-electron chi connectivity index (χ4n) is 3.38. The molecule has 4 aromatic rings. The molecule has 0 spiro atoms. The molecule has 4 rings (SSSR count). The summed E-state index contributed by atoms with van der Waals surface area (Å²) in [4.78, 5) is 21.5. The van der Waals surface area contributed by atoms with Gasteiger partial charge in [0, 0.05) is 21.7 Å². The molecule has 202 valence electrons. The fraction of sp³-hybridized carbons (Fsp3) is 0. The molecule has 0 heterocycles. The van der Waals surface area contributed by atoms with Crippen LogP contribution in [0, 0.1) is 6.07 Å². The predicted molar refractivity (Wildman–Crippen MR) is 132 cm³/mol. The molecule has 0 amide bonds. The molecule has 4 aromatic carbocycles. The third kappa shape index (κ3) is 11.1. The average Bonchev–Trinajstić information content (AvgIpc) is 2.91. The fourth-order valence-corrected chi connectivity index (χ4v) is 4.09. The second kappa shape index (κ2) is 18.6. The summed E-state index contributed by atoms with van der Waals surface area (Å²) < 4.78 is 36.0. The Bertz CT molecular complexity index is 1820. The van der Waals surface area contributed by atoms with E-state index in [1.54, 1.807) is 0 Å². The number of azo groups is 2. The topological polar surface area (TPSA) is 227 Å². The van der Waals surface area contributed by atoms with Crippen LogP contribution >= 0.6 is 0 Å². The van der Waals surface area contributed by atoms with E-state index in [9.17, 15) is 43.0 Å². The van der Waals surface area contributed by atoms with Gasteiger partial charge in [-0.25, -0.2) is 13.5 Å². The van der Waals surface area contributed by atoms with Crippen LogP contribution < -0.4 is 128 Å². The number of carbonyl (C=O) groups is 2. The maximum absolute atomic E-state index is 12.0. The van der Waals surface area contributed by atoms with Crippen molar-refractivity contribution >= 4 is 44.8 Å². The van der Waals surface area contributed by atoms with Gasteiger partial charge in [0.25, 0.3) is 0 Å². The van der Waals surface area contributed by atoms with E-state index in [-0.39, 0.29) is 152 Å². The molecule has 0 fully saturated rings. The molecule has 0 aliphatic carbocycles. The number of carbonyl (C=O) groups excluding carboxylic acids is 2. The molecule has 0 radical (unpaired) electrons. The quantitative estimate of drug-likeness (QED) is 0.0798. The van der Waals surface area contributed by atoms with Crippen LogP contribution in [0.1, 0.15) is 20.7 Å². The van der Waals surface area contributed by atoms with Gasteiger partial charge < -0.3 is 34.6 Å². The largest absolute Gasteiger partial charge is 1.00 e. The van der Waals surface area contributed by atoms with Crippen LogP contribution in [0.15, 0.2) is 98.1 Å². The Morgan fingerprint density at radius 2 is 1.05 bits per heavy atom. The number of nitrogens with zero attached hydrogens (tertiary/aromatic N) is 4. The summed E-state index contributed by atoms with van der Waals surface area (Å²) >= 11 is 0. The van der Waals surface area contributed by atoms with E-state index < -0.39 is 49.6 Å². The first kappa shape index (κ1) is 42.5. The van der Waals surface area contributed by atoms with Gasteiger partial charge >= 0.3 is 118 Å². The normalized spacial score (nSPS) is 10.7. The second-order valence-corrected chi connectivity index (χ2v) is 9.32. The SMILES string of the molecule is O=C([O-])c1cc(N=Nc2c[c-]c(-c3ccc(N=Nc4ccc(O)c(C(=O)[O-])c4)cc3S(=O)(=O)[O-])cc2)ccc1O.[Na+].[Na+].[Na+].[Na+]. The van der Waals surface area contributed by atoms with Crippen molar-refractivity contribution in [3.8, 4) is 22.6 Å². The van der Waals surface area contributed by atoms with Crippen molar-refractivity contribution in [1.82, 2.24) is 0 Å². The molecular formula is C26H14N4Na4O9S. The van der Waals surface area contributed by atoms with Crippen LogP contribution in [-0.2, 0) is 10.1 Å². The molecule has 0 aliphatic rings. The number of aromatic carboxylic acids is 2. The summed E-state index contributed by atoms with van der Waals surface area (Å²) in [6, 6.07) is 17.6. The van der Waals surface area contributed by atoms with E-state index in [0.717, 1.165) is 30.3 Å². The van der Waals surface area contributed by atoms with E-state index in [1.807, 2.05) is 0 Å². The number of benzene rings is 4. The first-order chi connectivity index (χ1) is 18.9. The number of hydrogen-bond acceptors (Lipinski definition) is 13. The second-order valence-electron chi connectivity index (χ2n) is 7.97. The zero-order valence-corrected chi connectivity index (χ0v) is 32.7. The monoisotopic (exact) mass is 650 g/mol. The van der Waals surface area contributed by atoms with Gasteiger partial charge in [-0.1, -0.05) is 11.6 Å². The molecule has 0 aromatic heterocycles. The van der Waals surface area contributed by atoms with Gasteiger partial charge in [0.15, 0.2) is 0 Å². The van der Waals surface area contributed by atoms with Crippen LogP contribution in [0.2, 0.25) is 0 Å². The Balaban J connectivity index is 0.00000462. The summed E-state index contributed by atoms with van der Waals surface area (Å²) in [5, 5.41) is 56.6. The van der Waals surface area contributed by atoms with Crippen molar-refractivity contribution in [2.24, 2.45) is 20.5 Å². The number of hydrogen-bond donors (Lipinski definition) is 2. The van der Waals surface area contributed by atoms with Gasteiger partial charge in [-0.05, 0) is 48.5 Å². The summed E-state index contributed by atoms with van der Waals surface area (Å²) in [6.45, 7) is 0. The Hall–Kier alpha value is -1.47. The van der Waals surface area contributed by atoms with Crippen molar-refractivity contribution in [2.75, 3.05) is 0 Å². The van der Waals surface area contributed by atoms with Crippen molar-refractivity contribution in [2.45, 2.75) is 4.90 Å². The average molecular weight is 650 g/mol. The third-order valence-electron chi connectivity index (χ3n) is 5.28. The Kier molecular flexibility index (Phi) is 18.0. The van der Waals surface area contributed by atoms with Gasteiger partial charge in [0.1, 0.15) is 21.6 Å². The molecule has 0 saturated heterocycles. The molecule has 44 heavy (non-hydrogen) atoms. The summed E-state index contributed by atoms with van der Waals surface area (Å²) in [6.07, 6.45) is 0. The van der Waals surface area contributed by atoms with Gasteiger partial charge in [-0.2, -0.15) is 15.3 Å². The summed E-state index contributed by atoms with van der Waals surface area (Å²) in [5.74, 6) is -4.24. The minimum absolute atomic E-state index is 0. The maximum Gasteiger partial charge on any atom is 1.00 e. The zero-order chi connectivity index (χ0) is 29.0. The molecule has 2 N–H and O–H groups in total. The van der Waals surface area contributed by atoms with E-state index in [0.29, 0.717) is 0 Å². The van der Waals surface area contributed by atoms with Gasteiger partial charge in [0.2, 0.25) is 0 Å². The molecule has 0 aliphatic heterocycles. The van der Waals surface area contributed by atoms with Crippen molar-refractivity contribution in [1.29, 1.82) is 0 Å². The predicted octanol–water partition coefficient (Wildman–Crippen LogP) is -8.96. The third-order valence-corrected chi connectivity index (χ3v) is 6.16. The number of carboxylic acid groups (broad SMARTS) is 2. The van der Waals surface area contributed by atoms with Crippen LogP contribution in [0.5, 0.6) is 11.5 Å². The first-order valence-corrected chi connectivity index (χ1v) is 12.4. The van der Waals surface area contributed by atoms with E-state index >= 15 is 0 Å². The number of phenols is 2. The Morgan fingerprint density at radius 1 is 0.636 bits per heavy atom. The van der Waals surface area contributed by atoms with Gasteiger partial charge in [-0.15, -0.1) is 29.8 Å². The minimum atomic E-state index is -4.99. The van der Waals surface area contributed by atoms with Gasteiger partial charge in [0.05, 0.1) is 29.0 Å². The van der Waals surface area contributed by atoms with Crippen LogP contribution in [0.25, 0.3) is 11.1 Å².